The van der Waals surface area contributed by atoms with E-state index in [1.165, 1.54) is 66.2 Å². The minimum absolute atomic E-state index is 0.0150. The molecule has 0 radical (unpaired) electrons. The van der Waals surface area contributed by atoms with Crippen molar-refractivity contribution < 1.29 is 4.42 Å². The van der Waals surface area contributed by atoms with Gasteiger partial charge in [-0.1, -0.05) is 153 Å². The number of nitrogens with one attached hydrogen (secondary N) is 2. The standard InChI is InChI=1S/C51H38N2O/c1-51(2)42-20-10-19-39(47(42)41-28-35-15-6-7-16-36(35)29-43(41)51)45-30-44(52-50(53-45)34-13-4-3-5-14-34)33-24-22-32(23-25-33)37-18-11-21-46-48(37)40-27-26-31-12-8-9-17-38(31)49(40)54-46/h3-30,44,50,52-53H,1-2H3. The van der Waals surface area contributed by atoms with Gasteiger partial charge < -0.3 is 9.73 Å². The molecule has 0 spiro atoms. The van der Waals surface area contributed by atoms with Crippen molar-refractivity contribution in [2.45, 2.75) is 31.5 Å². The molecule has 54 heavy (non-hydrogen) atoms. The summed E-state index contributed by atoms with van der Waals surface area (Å²) in [4.78, 5) is 0. The molecule has 9 aromatic rings. The van der Waals surface area contributed by atoms with Gasteiger partial charge in [0.1, 0.15) is 17.3 Å². The van der Waals surface area contributed by atoms with Crippen molar-refractivity contribution in [2.24, 2.45) is 0 Å². The van der Waals surface area contributed by atoms with Gasteiger partial charge in [-0.2, -0.15) is 0 Å². The van der Waals surface area contributed by atoms with Crippen molar-refractivity contribution >= 4 is 49.2 Å². The first-order valence-corrected chi connectivity index (χ1v) is 18.9. The molecule has 2 atom stereocenters. The van der Waals surface area contributed by atoms with Gasteiger partial charge in [0.05, 0.1) is 6.04 Å². The lowest BCUT2D eigenvalue weighted by molar-refractivity contribution is 0.443. The van der Waals surface area contributed by atoms with Gasteiger partial charge in [0.2, 0.25) is 0 Å². The Labute approximate surface area is 314 Å². The number of hydrogen-bond acceptors (Lipinski definition) is 3. The van der Waals surface area contributed by atoms with Crippen LogP contribution in [0, 0.1) is 0 Å². The molecule has 0 bridgehead atoms. The monoisotopic (exact) mass is 694 g/mol. The van der Waals surface area contributed by atoms with E-state index >= 15 is 0 Å². The Balaban J connectivity index is 1.03. The second kappa shape index (κ2) is 11.8. The van der Waals surface area contributed by atoms with E-state index in [9.17, 15) is 0 Å². The highest BCUT2D eigenvalue weighted by molar-refractivity contribution is 6.19. The quantitative estimate of drug-likeness (QED) is 0.193. The fourth-order valence-corrected chi connectivity index (χ4v) is 9.19. The van der Waals surface area contributed by atoms with E-state index in [1.54, 1.807) is 0 Å². The third kappa shape index (κ3) is 4.72. The van der Waals surface area contributed by atoms with Crippen LogP contribution in [0.25, 0.3) is 71.4 Å². The summed E-state index contributed by atoms with van der Waals surface area (Å²) < 4.78 is 6.52. The van der Waals surface area contributed by atoms with Crippen molar-refractivity contribution in [1.82, 2.24) is 10.6 Å². The number of hydrogen-bond donors (Lipinski definition) is 2. The fourth-order valence-electron chi connectivity index (χ4n) is 9.19. The SMILES string of the molecule is CC1(C)c2cc3ccccc3cc2-c2c(C3=CC(c4ccc(-c5cccc6oc7c8ccccc8ccc7c56)cc4)NC(c4ccccc4)N3)cccc21. The molecule has 2 heterocycles. The third-order valence-corrected chi connectivity index (χ3v) is 11.9. The molecule has 0 saturated carbocycles. The minimum Gasteiger partial charge on any atom is -0.455 e. The lowest BCUT2D eigenvalue weighted by Crippen LogP contribution is -2.39. The molecule has 2 N–H and O–H groups in total. The molecule has 2 unspecified atom stereocenters. The first-order valence-electron chi connectivity index (χ1n) is 18.9. The highest BCUT2D eigenvalue weighted by atomic mass is 16.3. The van der Waals surface area contributed by atoms with Crippen LogP contribution < -0.4 is 10.6 Å². The Morgan fingerprint density at radius 3 is 2.09 bits per heavy atom. The molecule has 258 valence electrons. The Bertz CT molecular complexity index is 2970. The van der Waals surface area contributed by atoms with Crippen LogP contribution in [0.4, 0.5) is 0 Å². The number of furan rings is 1. The average Bonchev–Trinajstić information content (AvgIpc) is 3.72. The maximum absolute atomic E-state index is 6.52. The van der Waals surface area contributed by atoms with E-state index in [0.29, 0.717) is 0 Å². The van der Waals surface area contributed by atoms with Crippen LogP contribution in [-0.2, 0) is 5.41 Å². The summed E-state index contributed by atoms with van der Waals surface area (Å²) in [6.07, 6.45) is 2.31. The number of benzene rings is 8. The largest absolute Gasteiger partial charge is 0.455 e. The lowest BCUT2D eigenvalue weighted by Gasteiger charge is -2.34. The summed E-state index contributed by atoms with van der Waals surface area (Å²) in [5.41, 5.74) is 14.3. The van der Waals surface area contributed by atoms with Gasteiger partial charge in [-0.15, -0.1) is 0 Å². The van der Waals surface area contributed by atoms with E-state index in [2.05, 4.69) is 194 Å². The van der Waals surface area contributed by atoms with E-state index in [4.69, 9.17) is 4.42 Å². The predicted octanol–water partition coefficient (Wildman–Crippen LogP) is 12.8. The van der Waals surface area contributed by atoms with Crippen molar-refractivity contribution in [3.63, 3.8) is 0 Å². The summed E-state index contributed by atoms with van der Waals surface area (Å²) >= 11 is 0. The Morgan fingerprint density at radius 1 is 0.537 bits per heavy atom. The van der Waals surface area contributed by atoms with Gasteiger partial charge in [-0.3, -0.25) is 5.32 Å². The van der Waals surface area contributed by atoms with Crippen molar-refractivity contribution in [3.8, 4) is 22.3 Å². The number of rotatable bonds is 4. The van der Waals surface area contributed by atoms with E-state index < -0.39 is 0 Å². The summed E-state index contributed by atoms with van der Waals surface area (Å²) in [7, 11) is 0. The first-order chi connectivity index (χ1) is 26.5. The highest BCUT2D eigenvalue weighted by Crippen LogP contribution is 2.52. The van der Waals surface area contributed by atoms with Gasteiger partial charge in [0.15, 0.2) is 0 Å². The molecular formula is C51H38N2O. The lowest BCUT2D eigenvalue weighted by atomic mass is 9.81. The molecule has 3 heteroatoms. The Morgan fingerprint density at radius 2 is 1.26 bits per heavy atom. The zero-order valence-corrected chi connectivity index (χ0v) is 30.2. The van der Waals surface area contributed by atoms with Crippen LogP contribution in [0.3, 0.4) is 0 Å². The maximum atomic E-state index is 6.52. The molecule has 1 aliphatic carbocycles. The van der Waals surface area contributed by atoms with E-state index in [1.807, 2.05) is 0 Å². The molecule has 8 aromatic carbocycles. The van der Waals surface area contributed by atoms with Crippen LogP contribution in [0.2, 0.25) is 0 Å². The zero-order valence-electron chi connectivity index (χ0n) is 30.2. The van der Waals surface area contributed by atoms with Crippen LogP contribution in [0.15, 0.2) is 174 Å². The van der Waals surface area contributed by atoms with Crippen molar-refractivity contribution in [2.75, 3.05) is 0 Å². The zero-order chi connectivity index (χ0) is 36.0. The van der Waals surface area contributed by atoms with Crippen LogP contribution >= 0.6 is 0 Å². The van der Waals surface area contributed by atoms with Crippen molar-refractivity contribution in [3.05, 3.63) is 198 Å². The maximum Gasteiger partial charge on any atom is 0.143 e. The molecule has 2 aliphatic rings. The van der Waals surface area contributed by atoms with E-state index in [0.717, 1.165) is 33.0 Å². The van der Waals surface area contributed by atoms with Crippen LogP contribution in [-0.4, -0.2) is 0 Å². The first kappa shape index (κ1) is 31.1. The molecule has 0 amide bonds. The van der Waals surface area contributed by atoms with Gasteiger partial charge in [-0.05, 0) is 91.0 Å². The molecule has 0 saturated heterocycles. The van der Waals surface area contributed by atoms with Crippen LogP contribution in [0.1, 0.15) is 53.9 Å². The topological polar surface area (TPSA) is 37.2 Å². The molecular weight excluding hydrogens is 657 g/mol. The molecule has 3 nitrogen and oxygen atoms in total. The summed E-state index contributed by atoms with van der Waals surface area (Å²) in [6.45, 7) is 4.74. The number of fused-ring (bicyclic) bond motifs is 9. The molecule has 1 aliphatic heterocycles. The predicted molar refractivity (Wildman–Crippen MR) is 224 cm³/mol. The average molecular weight is 695 g/mol. The summed E-state index contributed by atoms with van der Waals surface area (Å²) in [6, 6.07) is 59.5. The summed E-state index contributed by atoms with van der Waals surface area (Å²) in [5.74, 6) is 0. The minimum atomic E-state index is -0.109. The van der Waals surface area contributed by atoms with Gasteiger partial charge >= 0.3 is 0 Å². The van der Waals surface area contributed by atoms with Gasteiger partial charge in [0.25, 0.3) is 0 Å². The Kier molecular flexibility index (Phi) is 6.80. The second-order valence-electron chi connectivity index (χ2n) is 15.4. The van der Waals surface area contributed by atoms with Gasteiger partial charge in [-0.25, -0.2) is 0 Å². The normalized spacial score (nSPS) is 17.4. The fraction of sp³-hybridized carbons (Fsp3) is 0.0980. The molecule has 1 aromatic heterocycles. The second-order valence-corrected chi connectivity index (χ2v) is 15.4. The molecule has 0 fully saturated rings. The summed E-state index contributed by atoms with van der Waals surface area (Å²) in [5, 5.41) is 15.1. The third-order valence-electron chi connectivity index (χ3n) is 11.9. The van der Waals surface area contributed by atoms with Crippen LogP contribution in [0.5, 0.6) is 0 Å². The smallest absolute Gasteiger partial charge is 0.143 e. The molecule has 11 rings (SSSR count). The van der Waals surface area contributed by atoms with Gasteiger partial charge in [0, 0.05) is 32.8 Å². The highest BCUT2D eigenvalue weighted by Gasteiger charge is 2.38. The van der Waals surface area contributed by atoms with Crippen molar-refractivity contribution in [1.29, 1.82) is 0 Å². The van der Waals surface area contributed by atoms with E-state index in [-0.39, 0.29) is 17.6 Å². The Hall–Kier alpha value is -6.42.